The van der Waals surface area contributed by atoms with E-state index in [-0.39, 0.29) is 18.4 Å². The van der Waals surface area contributed by atoms with Crippen molar-refractivity contribution in [3.8, 4) is 0 Å². The molecule has 19 heavy (non-hydrogen) atoms. The molecule has 0 heterocycles. The lowest BCUT2D eigenvalue weighted by Crippen LogP contribution is -2.43. The minimum absolute atomic E-state index is 0.0345. The molecule has 1 atom stereocenters. The number of benzene rings is 1. The molecular weight excluding hydrogens is 244 g/mol. The highest BCUT2D eigenvalue weighted by Gasteiger charge is 2.17. The summed E-state index contributed by atoms with van der Waals surface area (Å²) >= 11 is 0. The number of nitrogens with one attached hydrogen (secondary N) is 1. The zero-order valence-electron chi connectivity index (χ0n) is 11.3. The van der Waals surface area contributed by atoms with E-state index in [1.54, 1.807) is 18.9 Å². The summed E-state index contributed by atoms with van der Waals surface area (Å²) in [5.41, 5.74) is 1.04. The van der Waals surface area contributed by atoms with Gasteiger partial charge in [-0.25, -0.2) is 0 Å². The van der Waals surface area contributed by atoms with Crippen molar-refractivity contribution in [2.24, 2.45) is 0 Å². The van der Waals surface area contributed by atoms with E-state index >= 15 is 0 Å². The topological polar surface area (TPSA) is 69.6 Å². The Bertz CT molecular complexity index is 420. The molecule has 1 unspecified atom stereocenters. The van der Waals surface area contributed by atoms with Crippen molar-refractivity contribution in [1.82, 2.24) is 10.2 Å². The quantitative estimate of drug-likeness (QED) is 0.773. The SMILES string of the molecule is CC(C(=O)NCc1ccccc1)N(C)CCC(=O)O. The molecular formula is C14H20N2O3. The Balaban J connectivity index is 2.38. The number of carbonyl (C=O) groups is 2. The first-order chi connectivity index (χ1) is 9.00. The van der Waals surface area contributed by atoms with Crippen molar-refractivity contribution in [1.29, 1.82) is 0 Å². The molecule has 0 aromatic heterocycles. The molecule has 1 aromatic carbocycles. The van der Waals surface area contributed by atoms with Gasteiger partial charge in [0.25, 0.3) is 0 Å². The normalized spacial score (nSPS) is 12.2. The zero-order chi connectivity index (χ0) is 14.3. The predicted molar refractivity (Wildman–Crippen MR) is 72.6 cm³/mol. The molecule has 2 N–H and O–H groups in total. The average molecular weight is 264 g/mol. The molecule has 0 saturated carbocycles. The Morgan fingerprint density at radius 2 is 1.95 bits per heavy atom. The lowest BCUT2D eigenvalue weighted by molar-refractivity contribution is -0.138. The summed E-state index contributed by atoms with van der Waals surface area (Å²) in [6, 6.07) is 9.31. The number of likely N-dealkylation sites (N-methyl/N-ethyl adjacent to an activating group) is 1. The summed E-state index contributed by atoms with van der Waals surface area (Å²) < 4.78 is 0. The van der Waals surface area contributed by atoms with Crippen LogP contribution in [0.25, 0.3) is 0 Å². The molecule has 1 rings (SSSR count). The Morgan fingerprint density at radius 3 is 2.53 bits per heavy atom. The van der Waals surface area contributed by atoms with Gasteiger partial charge in [-0.15, -0.1) is 0 Å². The van der Waals surface area contributed by atoms with Crippen LogP contribution in [0.4, 0.5) is 0 Å². The van der Waals surface area contributed by atoms with Gasteiger partial charge in [-0.2, -0.15) is 0 Å². The van der Waals surface area contributed by atoms with Crippen LogP contribution in [0.5, 0.6) is 0 Å². The fourth-order valence-electron chi connectivity index (χ4n) is 1.60. The van der Waals surface area contributed by atoms with Gasteiger partial charge in [0.15, 0.2) is 0 Å². The average Bonchev–Trinajstić information content (AvgIpc) is 2.42. The summed E-state index contributed by atoms with van der Waals surface area (Å²) in [5, 5.41) is 11.4. The van der Waals surface area contributed by atoms with Gasteiger partial charge < -0.3 is 10.4 Å². The predicted octanol–water partition coefficient (Wildman–Crippen LogP) is 1.10. The fourth-order valence-corrected chi connectivity index (χ4v) is 1.60. The Hall–Kier alpha value is -1.88. The van der Waals surface area contributed by atoms with Gasteiger partial charge in [0, 0.05) is 13.1 Å². The third-order valence-electron chi connectivity index (χ3n) is 3.03. The second kappa shape index (κ2) is 7.53. The molecule has 1 aromatic rings. The van der Waals surface area contributed by atoms with Crippen molar-refractivity contribution >= 4 is 11.9 Å². The maximum atomic E-state index is 11.9. The zero-order valence-corrected chi connectivity index (χ0v) is 11.3. The highest BCUT2D eigenvalue weighted by molar-refractivity contribution is 5.81. The molecule has 5 nitrogen and oxygen atoms in total. The molecule has 104 valence electrons. The molecule has 0 aliphatic carbocycles. The van der Waals surface area contributed by atoms with Gasteiger partial charge in [0.1, 0.15) is 0 Å². The maximum absolute atomic E-state index is 11.9. The summed E-state index contributed by atoms with van der Waals surface area (Å²) in [7, 11) is 1.75. The number of nitrogens with zero attached hydrogens (tertiary/aromatic N) is 1. The molecule has 0 radical (unpaired) electrons. The largest absolute Gasteiger partial charge is 0.481 e. The van der Waals surface area contributed by atoms with E-state index in [1.165, 1.54) is 0 Å². The smallest absolute Gasteiger partial charge is 0.304 e. The molecule has 0 saturated heterocycles. The monoisotopic (exact) mass is 264 g/mol. The molecule has 0 bridgehead atoms. The number of carboxylic acid groups (broad SMARTS) is 1. The van der Waals surface area contributed by atoms with Gasteiger partial charge in [-0.1, -0.05) is 30.3 Å². The van der Waals surface area contributed by atoms with Crippen LogP contribution >= 0.6 is 0 Å². The highest BCUT2D eigenvalue weighted by Crippen LogP contribution is 2.00. The van der Waals surface area contributed by atoms with Gasteiger partial charge in [-0.3, -0.25) is 14.5 Å². The number of carboxylic acids is 1. The summed E-state index contributed by atoms with van der Waals surface area (Å²) in [5.74, 6) is -0.958. The number of carbonyl (C=O) groups excluding carboxylic acids is 1. The first-order valence-electron chi connectivity index (χ1n) is 6.24. The van der Waals surface area contributed by atoms with Crippen molar-refractivity contribution in [3.05, 3.63) is 35.9 Å². The van der Waals surface area contributed by atoms with E-state index in [2.05, 4.69) is 5.32 Å². The van der Waals surface area contributed by atoms with Crippen LogP contribution in [0.3, 0.4) is 0 Å². The molecule has 0 aliphatic rings. The van der Waals surface area contributed by atoms with Crippen LogP contribution < -0.4 is 5.32 Å². The Labute approximate surface area is 113 Å². The van der Waals surface area contributed by atoms with Crippen LogP contribution in [0.15, 0.2) is 30.3 Å². The summed E-state index contributed by atoms with van der Waals surface area (Å²) in [4.78, 5) is 24.1. The van der Waals surface area contributed by atoms with Crippen molar-refractivity contribution in [2.45, 2.75) is 25.9 Å². The number of hydrogen-bond donors (Lipinski definition) is 2. The lowest BCUT2D eigenvalue weighted by atomic mass is 10.2. The van der Waals surface area contributed by atoms with Crippen LogP contribution in [0.1, 0.15) is 18.9 Å². The Kier molecular flexibility index (Phi) is 6.02. The van der Waals surface area contributed by atoms with Gasteiger partial charge in [-0.05, 0) is 19.5 Å². The van der Waals surface area contributed by atoms with E-state index in [0.717, 1.165) is 5.56 Å². The second-order valence-corrected chi connectivity index (χ2v) is 4.50. The Morgan fingerprint density at radius 1 is 1.32 bits per heavy atom. The van der Waals surface area contributed by atoms with Crippen LogP contribution in [-0.2, 0) is 16.1 Å². The summed E-state index contributed by atoms with van der Waals surface area (Å²) in [6.45, 7) is 2.61. The van der Waals surface area contributed by atoms with Crippen molar-refractivity contribution < 1.29 is 14.7 Å². The van der Waals surface area contributed by atoms with E-state index in [1.807, 2.05) is 30.3 Å². The fraction of sp³-hybridized carbons (Fsp3) is 0.429. The highest BCUT2D eigenvalue weighted by atomic mass is 16.4. The minimum Gasteiger partial charge on any atom is -0.481 e. The van der Waals surface area contributed by atoms with E-state index in [4.69, 9.17) is 5.11 Å². The van der Waals surface area contributed by atoms with E-state index < -0.39 is 5.97 Å². The minimum atomic E-state index is -0.858. The number of aliphatic carboxylic acids is 1. The third-order valence-corrected chi connectivity index (χ3v) is 3.03. The van der Waals surface area contributed by atoms with Crippen molar-refractivity contribution in [3.63, 3.8) is 0 Å². The van der Waals surface area contributed by atoms with Gasteiger partial charge in [0.2, 0.25) is 5.91 Å². The number of amides is 1. The van der Waals surface area contributed by atoms with E-state index in [9.17, 15) is 9.59 Å². The second-order valence-electron chi connectivity index (χ2n) is 4.50. The molecule has 1 amide bonds. The molecule has 0 fully saturated rings. The molecule has 0 aliphatic heterocycles. The van der Waals surface area contributed by atoms with Crippen LogP contribution in [-0.4, -0.2) is 41.5 Å². The van der Waals surface area contributed by atoms with Crippen molar-refractivity contribution in [2.75, 3.05) is 13.6 Å². The molecule has 5 heteroatoms. The van der Waals surface area contributed by atoms with Crippen LogP contribution in [0, 0.1) is 0 Å². The summed E-state index contributed by atoms with van der Waals surface area (Å²) in [6.07, 6.45) is 0.0345. The third kappa shape index (κ3) is 5.52. The van der Waals surface area contributed by atoms with Gasteiger partial charge in [0.05, 0.1) is 12.5 Å². The molecule has 0 spiro atoms. The first-order valence-corrected chi connectivity index (χ1v) is 6.24. The van der Waals surface area contributed by atoms with Crippen LogP contribution in [0.2, 0.25) is 0 Å². The lowest BCUT2D eigenvalue weighted by Gasteiger charge is -2.23. The number of hydrogen-bond acceptors (Lipinski definition) is 3. The standard InChI is InChI=1S/C14H20N2O3/c1-11(16(2)9-8-13(17)18)14(19)15-10-12-6-4-3-5-7-12/h3-7,11H,8-10H2,1-2H3,(H,15,19)(H,17,18). The van der Waals surface area contributed by atoms with E-state index in [0.29, 0.717) is 13.1 Å². The number of rotatable bonds is 7. The van der Waals surface area contributed by atoms with Gasteiger partial charge >= 0.3 is 5.97 Å². The first kappa shape index (κ1) is 15.2. The maximum Gasteiger partial charge on any atom is 0.304 e.